The van der Waals surface area contributed by atoms with Crippen molar-refractivity contribution in [2.45, 2.75) is 20.8 Å². The van der Waals surface area contributed by atoms with Gasteiger partial charge in [0.15, 0.2) is 16.6 Å². The largest absolute Gasteiger partial charge is 0.490 e. The van der Waals surface area contributed by atoms with Gasteiger partial charge in [0.1, 0.15) is 4.88 Å². The highest BCUT2D eigenvalue weighted by Crippen LogP contribution is 2.36. The van der Waals surface area contributed by atoms with Crippen molar-refractivity contribution in [3.05, 3.63) is 32.7 Å². The Labute approximate surface area is 158 Å². The number of hydrazone groups is 1. The minimum Gasteiger partial charge on any atom is -0.490 e. The molecule has 0 fully saturated rings. The fraction of sp³-hybridized carbons (Fsp3) is 0.312. The summed E-state index contributed by atoms with van der Waals surface area (Å²) < 4.78 is 11.9. The molecular formula is C16H19BrN4O3S. The van der Waals surface area contributed by atoms with Crippen LogP contribution in [0.2, 0.25) is 0 Å². The second-order valence-corrected chi connectivity index (χ2v) is 6.75. The number of nitrogens with one attached hydrogen (secondary N) is 1. The topological polar surface area (TPSA) is 98.8 Å². The molecule has 2 aromatic rings. The maximum atomic E-state index is 12.1. The molecule has 0 unspecified atom stereocenters. The SMILES string of the molecule is CCOc1cc(/C=N\NC(=O)c2sc(N)nc2C)cc(Br)c1OCC. The second kappa shape index (κ2) is 8.82. The molecule has 0 aliphatic heterocycles. The molecule has 2 rings (SSSR count). The van der Waals surface area contributed by atoms with Crippen molar-refractivity contribution in [3.8, 4) is 11.5 Å². The van der Waals surface area contributed by atoms with Gasteiger partial charge in [0.25, 0.3) is 5.91 Å². The lowest BCUT2D eigenvalue weighted by molar-refractivity contribution is 0.0958. The number of nitrogen functional groups attached to an aromatic ring is 1. The van der Waals surface area contributed by atoms with Crippen LogP contribution in [0.4, 0.5) is 5.13 Å². The number of carbonyl (C=O) groups excluding carboxylic acids is 1. The lowest BCUT2D eigenvalue weighted by atomic mass is 10.2. The molecule has 134 valence electrons. The first-order chi connectivity index (χ1) is 12.0. The van der Waals surface area contributed by atoms with Crippen LogP contribution < -0.4 is 20.6 Å². The Morgan fingerprint density at radius 1 is 1.40 bits per heavy atom. The third-order valence-electron chi connectivity index (χ3n) is 3.02. The number of halogens is 1. The number of thiazole rings is 1. The summed E-state index contributed by atoms with van der Waals surface area (Å²) >= 11 is 4.59. The first kappa shape index (κ1) is 19.2. The average Bonchev–Trinajstić information content (AvgIpc) is 2.89. The van der Waals surface area contributed by atoms with E-state index in [0.717, 1.165) is 21.4 Å². The lowest BCUT2D eigenvalue weighted by Crippen LogP contribution is -2.17. The predicted octanol–water partition coefficient (Wildman–Crippen LogP) is 3.36. The molecule has 7 nitrogen and oxygen atoms in total. The molecule has 1 heterocycles. The number of benzene rings is 1. The molecule has 0 aliphatic carbocycles. The Bertz CT molecular complexity index is 792. The van der Waals surface area contributed by atoms with Gasteiger partial charge in [-0.05, 0) is 54.4 Å². The van der Waals surface area contributed by atoms with Crippen molar-refractivity contribution in [2.24, 2.45) is 5.10 Å². The van der Waals surface area contributed by atoms with Gasteiger partial charge in [-0.3, -0.25) is 4.79 Å². The lowest BCUT2D eigenvalue weighted by Gasteiger charge is -2.13. The van der Waals surface area contributed by atoms with Crippen molar-refractivity contribution in [1.82, 2.24) is 10.4 Å². The highest BCUT2D eigenvalue weighted by molar-refractivity contribution is 9.10. The highest BCUT2D eigenvalue weighted by Gasteiger charge is 2.14. The summed E-state index contributed by atoms with van der Waals surface area (Å²) in [6, 6.07) is 3.63. The monoisotopic (exact) mass is 426 g/mol. The van der Waals surface area contributed by atoms with Crippen LogP contribution in [0.25, 0.3) is 0 Å². The zero-order valence-corrected chi connectivity index (χ0v) is 16.5. The van der Waals surface area contributed by atoms with Crippen LogP contribution in [0.5, 0.6) is 11.5 Å². The Hall–Kier alpha value is -2.13. The van der Waals surface area contributed by atoms with E-state index in [2.05, 4.69) is 31.4 Å². The number of carbonyl (C=O) groups is 1. The van der Waals surface area contributed by atoms with Gasteiger partial charge in [-0.25, -0.2) is 10.4 Å². The zero-order valence-electron chi connectivity index (χ0n) is 14.1. The summed E-state index contributed by atoms with van der Waals surface area (Å²) in [6.45, 7) is 6.56. The minimum atomic E-state index is -0.349. The standard InChI is InChI=1S/C16H19BrN4O3S/c1-4-23-12-7-10(6-11(17)13(12)24-5-2)8-19-21-15(22)14-9(3)20-16(18)25-14/h6-8H,4-5H2,1-3H3,(H2,18,20)(H,21,22)/b19-8-. The number of rotatable bonds is 7. The Morgan fingerprint density at radius 2 is 2.12 bits per heavy atom. The number of aryl methyl sites for hydroxylation is 1. The van der Waals surface area contributed by atoms with Crippen molar-refractivity contribution in [1.29, 1.82) is 0 Å². The van der Waals surface area contributed by atoms with Crippen molar-refractivity contribution in [2.75, 3.05) is 18.9 Å². The number of amides is 1. The van der Waals surface area contributed by atoms with Gasteiger partial charge in [-0.1, -0.05) is 11.3 Å². The van der Waals surface area contributed by atoms with Gasteiger partial charge in [0.2, 0.25) is 0 Å². The molecule has 25 heavy (non-hydrogen) atoms. The van der Waals surface area contributed by atoms with Gasteiger partial charge in [-0.2, -0.15) is 5.10 Å². The number of nitrogens with two attached hydrogens (primary N) is 1. The fourth-order valence-corrected chi connectivity index (χ4v) is 3.35. The summed E-state index contributed by atoms with van der Waals surface area (Å²) in [5.74, 6) is 0.900. The van der Waals surface area contributed by atoms with E-state index in [9.17, 15) is 4.79 Å². The highest BCUT2D eigenvalue weighted by atomic mass is 79.9. The van der Waals surface area contributed by atoms with Crippen molar-refractivity contribution in [3.63, 3.8) is 0 Å². The number of ether oxygens (including phenoxy) is 2. The Kier molecular flexibility index (Phi) is 6.77. The summed E-state index contributed by atoms with van der Waals surface area (Å²) in [6.07, 6.45) is 1.53. The Balaban J connectivity index is 2.15. The normalized spacial score (nSPS) is 10.9. The summed E-state index contributed by atoms with van der Waals surface area (Å²) in [4.78, 5) is 16.5. The van der Waals surface area contributed by atoms with Crippen molar-refractivity contribution < 1.29 is 14.3 Å². The molecule has 1 aromatic carbocycles. The average molecular weight is 427 g/mol. The first-order valence-electron chi connectivity index (χ1n) is 7.61. The van der Waals surface area contributed by atoms with Crippen LogP contribution in [-0.2, 0) is 0 Å². The van der Waals surface area contributed by atoms with E-state index in [1.165, 1.54) is 6.21 Å². The molecule has 3 N–H and O–H groups in total. The maximum absolute atomic E-state index is 12.1. The summed E-state index contributed by atoms with van der Waals surface area (Å²) in [7, 11) is 0. The van der Waals surface area contributed by atoms with Crippen molar-refractivity contribution >= 4 is 44.5 Å². The van der Waals surface area contributed by atoms with E-state index in [1.54, 1.807) is 13.0 Å². The first-order valence-corrected chi connectivity index (χ1v) is 9.22. The summed E-state index contributed by atoms with van der Waals surface area (Å²) in [5, 5.41) is 4.33. The van der Waals surface area contributed by atoms with Gasteiger partial charge < -0.3 is 15.2 Å². The van der Waals surface area contributed by atoms with Crippen LogP contribution in [0.1, 0.15) is 34.8 Å². The van der Waals surface area contributed by atoms with Crippen LogP contribution in [0.15, 0.2) is 21.7 Å². The quantitative estimate of drug-likeness (QED) is 0.522. The van der Waals surface area contributed by atoms with Gasteiger partial charge >= 0.3 is 0 Å². The molecular weight excluding hydrogens is 408 g/mol. The molecule has 0 saturated heterocycles. The van der Waals surface area contributed by atoms with E-state index in [1.807, 2.05) is 19.9 Å². The molecule has 0 saturated carbocycles. The predicted molar refractivity (Wildman–Crippen MR) is 103 cm³/mol. The van der Waals surface area contributed by atoms with E-state index < -0.39 is 0 Å². The van der Waals surface area contributed by atoms with Crippen LogP contribution >= 0.6 is 27.3 Å². The number of anilines is 1. The third kappa shape index (κ3) is 4.93. The molecule has 1 amide bonds. The van der Waals surface area contributed by atoms with Gasteiger partial charge in [0, 0.05) is 0 Å². The van der Waals surface area contributed by atoms with E-state index in [4.69, 9.17) is 15.2 Å². The Morgan fingerprint density at radius 3 is 2.72 bits per heavy atom. The summed E-state index contributed by atoms with van der Waals surface area (Å²) in [5.41, 5.74) is 9.40. The van der Waals surface area contributed by atoms with E-state index >= 15 is 0 Å². The molecule has 0 atom stereocenters. The fourth-order valence-electron chi connectivity index (χ4n) is 2.05. The molecule has 0 spiro atoms. The van der Waals surface area contributed by atoms with E-state index in [-0.39, 0.29) is 5.91 Å². The second-order valence-electron chi connectivity index (χ2n) is 4.86. The maximum Gasteiger partial charge on any atom is 0.283 e. The molecule has 9 heteroatoms. The number of hydrogen-bond acceptors (Lipinski definition) is 7. The van der Waals surface area contributed by atoms with Crippen LogP contribution in [-0.4, -0.2) is 30.3 Å². The van der Waals surface area contributed by atoms with Crippen LogP contribution in [0, 0.1) is 6.92 Å². The number of nitrogens with zero attached hydrogens (tertiary/aromatic N) is 2. The van der Waals surface area contributed by atoms with E-state index in [0.29, 0.717) is 40.4 Å². The van der Waals surface area contributed by atoms with Gasteiger partial charge in [-0.15, -0.1) is 0 Å². The third-order valence-corrected chi connectivity index (χ3v) is 4.59. The zero-order chi connectivity index (χ0) is 18.4. The molecule has 0 aliphatic rings. The molecule has 0 radical (unpaired) electrons. The molecule has 0 bridgehead atoms. The number of hydrogen-bond donors (Lipinski definition) is 2. The van der Waals surface area contributed by atoms with Crippen LogP contribution in [0.3, 0.4) is 0 Å². The minimum absolute atomic E-state index is 0.349. The number of aromatic nitrogens is 1. The van der Waals surface area contributed by atoms with Gasteiger partial charge in [0.05, 0.1) is 29.6 Å². The molecule has 1 aromatic heterocycles. The smallest absolute Gasteiger partial charge is 0.283 e.